The summed E-state index contributed by atoms with van der Waals surface area (Å²) in [5, 5.41) is 8.91. The van der Waals surface area contributed by atoms with Crippen molar-refractivity contribution < 1.29 is 14.6 Å². The first-order valence-electron chi connectivity index (χ1n) is 5.46. The van der Waals surface area contributed by atoms with Gasteiger partial charge in [0.15, 0.2) is 0 Å². The number of aliphatic hydroxyl groups is 1. The number of rotatable bonds is 7. The van der Waals surface area contributed by atoms with Gasteiger partial charge in [-0.25, -0.2) is 4.79 Å². The third kappa shape index (κ3) is 5.97. The highest BCUT2D eigenvalue weighted by Gasteiger charge is 2.13. The lowest BCUT2D eigenvalue weighted by atomic mass is 10.0. The van der Waals surface area contributed by atoms with Gasteiger partial charge in [-0.2, -0.15) is 0 Å². The molecule has 0 heterocycles. The summed E-state index contributed by atoms with van der Waals surface area (Å²) < 4.78 is 4.96. The number of carbonyl (C=O) groups is 1. The van der Waals surface area contributed by atoms with Crippen LogP contribution in [0.3, 0.4) is 0 Å². The topological polar surface area (TPSA) is 46.5 Å². The molecule has 0 fully saturated rings. The van der Waals surface area contributed by atoms with E-state index in [0.717, 1.165) is 12.8 Å². The van der Waals surface area contributed by atoms with Gasteiger partial charge in [-0.3, -0.25) is 0 Å². The minimum absolute atomic E-state index is 0.442. The highest BCUT2D eigenvalue weighted by Crippen LogP contribution is 2.12. The molecule has 0 amide bonds. The SMILES string of the molecule is CCCC[C@H](CC)COC(=O)[C@@H](C)O. The van der Waals surface area contributed by atoms with Crippen LogP contribution in [0, 0.1) is 5.92 Å². The Morgan fingerprint density at radius 1 is 1.43 bits per heavy atom. The molecule has 0 rings (SSSR count). The molecular weight excluding hydrogens is 180 g/mol. The van der Waals surface area contributed by atoms with Crippen LogP contribution in [0.5, 0.6) is 0 Å². The van der Waals surface area contributed by atoms with E-state index in [4.69, 9.17) is 9.84 Å². The number of ether oxygens (including phenoxy) is 1. The van der Waals surface area contributed by atoms with Crippen LogP contribution in [0.2, 0.25) is 0 Å². The van der Waals surface area contributed by atoms with Crippen LogP contribution in [-0.2, 0) is 9.53 Å². The Balaban J connectivity index is 3.66. The number of aliphatic hydroxyl groups excluding tert-OH is 1. The summed E-state index contributed by atoms with van der Waals surface area (Å²) in [6.45, 7) is 6.11. The largest absolute Gasteiger partial charge is 0.463 e. The average molecular weight is 202 g/mol. The zero-order valence-electron chi connectivity index (χ0n) is 9.45. The average Bonchev–Trinajstić information content (AvgIpc) is 2.17. The first kappa shape index (κ1) is 13.4. The van der Waals surface area contributed by atoms with Crippen molar-refractivity contribution in [2.45, 2.75) is 52.6 Å². The van der Waals surface area contributed by atoms with E-state index < -0.39 is 12.1 Å². The van der Waals surface area contributed by atoms with Gasteiger partial charge in [-0.15, -0.1) is 0 Å². The normalized spacial score (nSPS) is 14.9. The Labute approximate surface area is 86.5 Å². The molecule has 0 aromatic heterocycles. The van der Waals surface area contributed by atoms with E-state index in [2.05, 4.69) is 13.8 Å². The van der Waals surface area contributed by atoms with E-state index in [1.165, 1.54) is 19.8 Å². The van der Waals surface area contributed by atoms with Gasteiger partial charge in [0.25, 0.3) is 0 Å². The molecule has 0 aromatic rings. The highest BCUT2D eigenvalue weighted by atomic mass is 16.5. The Bertz CT molecular complexity index is 155. The fraction of sp³-hybridized carbons (Fsp3) is 0.909. The second kappa shape index (κ2) is 7.80. The standard InChI is InChI=1S/C11H22O3/c1-4-6-7-10(5-2)8-14-11(13)9(3)12/h9-10,12H,4-8H2,1-3H3/t9-,10+/m1/s1. The van der Waals surface area contributed by atoms with E-state index in [0.29, 0.717) is 12.5 Å². The Hall–Kier alpha value is -0.570. The predicted octanol–water partition coefficient (Wildman–Crippen LogP) is 2.13. The van der Waals surface area contributed by atoms with Crippen molar-refractivity contribution in [3.05, 3.63) is 0 Å². The molecule has 14 heavy (non-hydrogen) atoms. The van der Waals surface area contributed by atoms with Crippen LogP contribution in [0.1, 0.15) is 46.5 Å². The third-order valence-corrected chi connectivity index (χ3v) is 2.35. The Morgan fingerprint density at radius 3 is 2.50 bits per heavy atom. The molecule has 0 radical (unpaired) electrons. The Morgan fingerprint density at radius 2 is 2.07 bits per heavy atom. The van der Waals surface area contributed by atoms with Gasteiger partial charge in [0, 0.05) is 0 Å². The number of hydrogen-bond acceptors (Lipinski definition) is 3. The van der Waals surface area contributed by atoms with Gasteiger partial charge in [-0.05, 0) is 19.3 Å². The molecule has 0 saturated heterocycles. The van der Waals surface area contributed by atoms with Crippen LogP contribution in [-0.4, -0.2) is 23.8 Å². The molecule has 0 saturated carbocycles. The first-order valence-corrected chi connectivity index (χ1v) is 5.46. The van der Waals surface area contributed by atoms with Crippen LogP contribution < -0.4 is 0 Å². The Kier molecular flexibility index (Phi) is 7.48. The maximum Gasteiger partial charge on any atom is 0.334 e. The van der Waals surface area contributed by atoms with E-state index in [-0.39, 0.29) is 0 Å². The molecule has 3 nitrogen and oxygen atoms in total. The zero-order chi connectivity index (χ0) is 11.0. The van der Waals surface area contributed by atoms with Gasteiger partial charge in [0.1, 0.15) is 6.10 Å². The van der Waals surface area contributed by atoms with Crippen LogP contribution >= 0.6 is 0 Å². The van der Waals surface area contributed by atoms with E-state index in [9.17, 15) is 4.79 Å². The van der Waals surface area contributed by atoms with E-state index >= 15 is 0 Å². The van der Waals surface area contributed by atoms with Gasteiger partial charge < -0.3 is 9.84 Å². The second-order valence-electron chi connectivity index (χ2n) is 3.72. The van der Waals surface area contributed by atoms with Crippen molar-refractivity contribution in [3.63, 3.8) is 0 Å². The monoisotopic (exact) mass is 202 g/mol. The molecule has 0 aromatic carbocycles. The second-order valence-corrected chi connectivity index (χ2v) is 3.72. The highest BCUT2D eigenvalue weighted by molar-refractivity contribution is 5.73. The van der Waals surface area contributed by atoms with Crippen LogP contribution in [0.15, 0.2) is 0 Å². The molecule has 0 spiro atoms. The molecular formula is C11H22O3. The lowest BCUT2D eigenvalue weighted by Crippen LogP contribution is -2.22. The maximum atomic E-state index is 11.0. The van der Waals surface area contributed by atoms with Crippen molar-refractivity contribution in [1.29, 1.82) is 0 Å². The molecule has 0 unspecified atom stereocenters. The van der Waals surface area contributed by atoms with E-state index in [1.807, 2.05) is 0 Å². The van der Waals surface area contributed by atoms with Crippen LogP contribution in [0.4, 0.5) is 0 Å². The van der Waals surface area contributed by atoms with Gasteiger partial charge >= 0.3 is 5.97 Å². The lowest BCUT2D eigenvalue weighted by Gasteiger charge is -2.15. The summed E-state index contributed by atoms with van der Waals surface area (Å²) in [5.41, 5.74) is 0. The van der Waals surface area contributed by atoms with Crippen molar-refractivity contribution >= 4 is 5.97 Å². The van der Waals surface area contributed by atoms with Crippen molar-refractivity contribution in [2.75, 3.05) is 6.61 Å². The predicted molar refractivity (Wildman–Crippen MR) is 55.9 cm³/mol. The quantitative estimate of drug-likeness (QED) is 0.643. The van der Waals surface area contributed by atoms with Gasteiger partial charge in [0.05, 0.1) is 6.61 Å². The fourth-order valence-electron chi connectivity index (χ4n) is 1.22. The summed E-state index contributed by atoms with van der Waals surface area (Å²) in [5.74, 6) is -0.0717. The fourth-order valence-corrected chi connectivity index (χ4v) is 1.22. The molecule has 2 atom stereocenters. The molecule has 3 heteroatoms. The number of hydrogen-bond donors (Lipinski definition) is 1. The van der Waals surface area contributed by atoms with Gasteiger partial charge in [-0.1, -0.05) is 33.1 Å². The number of carbonyl (C=O) groups excluding carboxylic acids is 1. The number of esters is 1. The molecule has 0 aliphatic carbocycles. The molecule has 0 aliphatic rings. The number of unbranched alkanes of at least 4 members (excludes halogenated alkanes) is 1. The minimum atomic E-state index is -1.00. The smallest absolute Gasteiger partial charge is 0.334 e. The summed E-state index contributed by atoms with van der Waals surface area (Å²) in [6.07, 6.45) is 3.46. The van der Waals surface area contributed by atoms with E-state index in [1.54, 1.807) is 0 Å². The first-order chi connectivity index (χ1) is 6.61. The summed E-state index contributed by atoms with van der Waals surface area (Å²) in [7, 11) is 0. The lowest BCUT2D eigenvalue weighted by molar-refractivity contribution is -0.154. The van der Waals surface area contributed by atoms with Crippen LogP contribution in [0.25, 0.3) is 0 Å². The molecule has 0 bridgehead atoms. The summed E-state index contributed by atoms with van der Waals surface area (Å²) in [6, 6.07) is 0. The summed E-state index contributed by atoms with van der Waals surface area (Å²) in [4.78, 5) is 11.0. The third-order valence-electron chi connectivity index (χ3n) is 2.35. The summed E-state index contributed by atoms with van der Waals surface area (Å²) >= 11 is 0. The van der Waals surface area contributed by atoms with Gasteiger partial charge in [0.2, 0.25) is 0 Å². The minimum Gasteiger partial charge on any atom is -0.463 e. The molecule has 84 valence electrons. The molecule has 1 N–H and O–H groups in total. The van der Waals surface area contributed by atoms with Crippen molar-refractivity contribution in [3.8, 4) is 0 Å². The maximum absolute atomic E-state index is 11.0. The van der Waals surface area contributed by atoms with Crippen molar-refractivity contribution in [1.82, 2.24) is 0 Å². The molecule has 0 aliphatic heterocycles. The van der Waals surface area contributed by atoms with Crippen molar-refractivity contribution in [2.24, 2.45) is 5.92 Å². The zero-order valence-corrected chi connectivity index (χ0v) is 9.45.